The van der Waals surface area contributed by atoms with Crippen LogP contribution < -0.4 is 15.2 Å². The number of halogens is 2. The molecule has 4 heterocycles. The van der Waals surface area contributed by atoms with Gasteiger partial charge in [0.25, 0.3) is 0 Å². The van der Waals surface area contributed by atoms with E-state index in [2.05, 4.69) is 15.0 Å². The predicted octanol–water partition coefficient (Wildman–Crippen LogP) is 5.39. The second-order valence-electron chi connectivity index (χ2n) is 14.3. The molecule has 1 atom stereocenters. The summed E-state index contributed by atoms with van der Waals surface area (Å²) < 4.78 is 49.0. The molecule has 17 heteroatoms. The Morgan fingerprint density at radius 2 is 1.64 bits per heavy atom. The minimum absolute atomic E-state index is 0.0452. The van der Waals surface area contributed by atoms with Crippen molar-refractivity contribution in [3.05, 3.63) is 74.1 Å². The molecular formula is C36H37F2N7O8. The number of ether oxygens (including phenoxy) is 3. The number of hydrogen-bond acceptors (Lipinski definition) is 12. The Morgan fingerprint density at radius 1 is 0.981 bits per heavy atom. The summed E-state index contributed by atoms with van der Waals surface area (Å²) in [4.78, 5) is 69.7. The molecule has 1 amide bonds. The number of carbonyl (C=O) groups excluding carboxylic acids is 2. The smallest absolute Gasteiger partial charge is 0.410 e. The van der Waals surface area contributed by atoms with Crippen molar-refractivity contribution in [1.82, 2.24) is 24.4 Å². The first kappa shape index (κ1) is 35.7. The van der Waals surface area contributed by atoms with E-state index in [9.17, 15) is 24.5 Å². The second kappa shape index (κ2) is 13.3. The number of rotatable bonds is 8. The van der Waals surface area contributed by atoms with E-state index < -0.39 is 62.9 Å². The van der Waals surface area contributed by atoms with Gasteiger partial charge < -0.3 is 24.0 Å². The second-order valence-corrected chi connectivity index (χ2v) is 14.3. The molecule has 53 heavy (non-hydrogen) atoms. The van der Waals surface area contributed by atoms with Crippen molar-refractivity contribution >= 4 is 34.5 Å². The van der Waals surface area contributed by atoms with E-state index in [-0.39, 0.29) is 59.5 Å². The van der Waals surface area contributed by atoms with Crippen LogP contribution >= 0.6 is 0 Å². The molecule has 7 rings (SSSR count). The minimum atomic E-state index is -1.39. The molecule has 0 spiro atoms. The van der Waals surface area contributed by atoms with Crippen molar-refractivity contribution in [1.29, 1.82) is 0 Å². The molecule has 4 aromatic rings. The van der Waals surface area contributed by atoms with Crippen LogP contribution in [0.2, 0.25) is 0 Å². The third kappa shape index (κ3) is 6.48. The summed E-state index contributed by atoms with van der Waals surface area (Å²) in [6.07, 6.45) is 3.68. The molecule has 0 radical (unpaired) electrons. The van der Waals surface area contributed by atoms with E-state index in [1.165, 1.54) is 35.4 Å². The van der Waals surface area contributed by atoms with E-state index >= 15 is 8.78 Å². The summed E-state index contributed by atoms with van der Waals surface area (Å²) in [5.41, 5.74) is -3.30. The van der Waals surface area contributed by atoms with Crippen molar-refractivity contribution in [3.63, 3.8) is 0 Å². The van der Waals surface area contributed by atoms with Gasteiger partial charge in [0.15, 0.2) is 11.5 Å². The lowest BCUT2D eigenvalue weighted by Gasteiger charge is -2.41. The highest BCUT2D eigenvalue weighted by atomic mass is 19.1. The van der Waals surface area contributed by atoms with Crippen LogP contribution in [0.25, 0.3) is 28.0 Å². The third-order valence-corrected chi connectivity index (χ3v) is 9.49. The number of piperazine rings is 1. The molecule has 0 N–H and O–H groups in total. The van der Waals surface area contributed by atoms with E-state index in [0.29, 0.717) is 11.4 Å². The number of nitro groups is 1. The quantitative estimate of drug-likeness (QED) is 0.129. The zero-order valence-electron chi connectivity index (χ0n) is 29.7. The number of amides is 1. The van der Waals surface area contributed by atoms with Gasteiger partial charge in [-0.05, 0) is 64.7 Å². The van der Waals surface area contributed by atoms with Gasteiger partial charge in [0, 0.05) is 24.9 Å². The van der Waals surface area contributed by atoms with Gasteiger partial charge in [0.1, 0.15) is 40.9 Å². The Labute approximate surface area is 301 Å². The topological polar surface area (TPSA) is 172 Å². The fourth-order valence-electron chi connectivity index (χ4n) is 6.82. The molecule has 278 valence electrons. The summed E-state index contributed by atoms with van der Waals surface area (Å²) in [5.74, 6) is -3.01. The van der Waals surface area contributed by atoms with Crippen LogP contribution in [-0.2, 0) is 14.3 Å². The molecular weight excluding hydrogens is 696 g/mol. The van der Waals surface area contributed by atoms with E-state index in [4.69, 9.17) is 14.2 Å². The number of aromatic nitrogens is 4. The first-order chi connectivity index (χ1) is 25.2. The Balaban J connectivity index is 1.55. The van der Waals surface area contributed by atoms with Crippen molar-refractivity contribution in [2.45, 2.75) is 69.9 Å². The van der Waals surface area contributed by atoms with Gasteiger partial charge in [-0.2, -0.15) is 0 Å². The summed E-state index contributed by atoms with van der Waals surface area (Å²) in [5, 5.41) is 12.9. The molecule has 1 aromatic carbocycles. The maximum Gasteiger partial charge on any atom is 0.410 e. The molecule has 0 bridgehead atoms. The van der Waals surface area contributed by atoms with Gasteiger partial charge in [0.2, 0.25) is 0 Å². The summed E-state index contributed by atoms with van der Waals surface area (Å²) >= 11 is 0. The summed E-state index contributed by atoms with van der Waals surface area (Å²) in [6, 6.07) is 3.45. The van der Waals surface area contributed by atoms with Crippen LogP contribution in [0, 0.1) is 21.7 Å². The number of anilines is 1. The number of esters is 1. The van der Waals surface area contributed by atoms with Gasteiger partial charge in [-0.15, -0.1) is 0 Å². The van der Waals surface area contributed by atoms with Crippen LogP contribution in [0.15, 0.2) is 35.4 Å². The Kier molecular flexibility index (Phi) is 8.98. The van der Waals surface area contributed by atoms with Crippen molar-refractivity contribution in [2.75, 3.05) is 38.8 Å². The SMILES string of the molecule is COC(=O)[C@H]1CN(C(=O)OC(C)(C)C)CCN1c1c([N+](=O)[O-])c(=O)n(-c2c(C3CC3)ncnc2C2CC2)c2nc(-c3c(F)cccc3OC)c(F)cc12. The van der Waals surface area contributed by atoms with Crippen LogP contribution in [0.1, 0.15) is 69.7 Å². The monoisotopic (exact) mass is 733 g/mol. The highest BCUT2D eigenvalue weighted by Gasteiger charge is 2.44. The highest BCUT2D eigenvalue weighted by Crippen LogP contribution is 2.48. The van der Waals surface area contributed by atoms with Crippen LogP contribution in [0.3, 0.4) is 0 Å². The van der Waals surface area contributed by atoms with Crippen molar-refractivity contribution in [3.8, 4) is 22.7 Å². The number of methoxy groups -OCH3 is 2. The predicted molar refractivity (Wildman–Crippen MR) is 186 cm³/mol. The van der Waals surface area contributed by atoms with Crippen LogP contribution in [-0.4, -0.2) is 86.9 Å². The molecule has 2 aliphatic carbocycles. The standard InChI is InChI=1S/C36H37F2N7O8/c1-36(2,3)53-35(48)42-13-14-43(23(16-42)34(47)52-5)29-20-15-22(38)28(25-21(37)7-6-8-24(25)51-4)41-32(20)44(33(46)31(29)45(49)50)30-26(18-9-10-18)39-17-40-27(30)19-11-12-19/h6-8,15,17-19,23H,9-14,16H2,1-5H3/t23-/m1/s1. The van der Waals surface area contributed by atoms with Gasteiger partial charge in [-0.25, -0.2) is 33.3 Å². The molecule has 3 aliphatic rings. The fourth-order valence-corrected chi connectivity index (χ4v) is 6.82. The van der Waals surface area contributed by atoms with Gasteiger partial charge in [0.05, 0.1) is 53.7 Å². The van der Waals surface area contributed by atoms with E-state index in [1.54, 1.807) is 20.8 Å². The van der Waals surface area contributed by atoms with Gasteiger partial charge in [-0.3, -0.25) is 19.5 Å². The van der Waals surface area contributed by atoms with E-state index in [0.717, 1.165) is 49.5 Å². The number of benzene rings is 1. The summed E-state index contributed by atoms with van der Waals surface area (Å²) in [7, 11) is 2.39. The number of pyridine rings is 2. The lowest BCUT2D eigenvalue weighted by atomic mass is 10.0. The van der Waals surface area contributed by atoms with Crippen molar-refractivity contribution < 1.29 is 37.5 Å². The molecule has 3 aromatic heterocycles. The Hall–Kier alpha value is -5.74. The molecule has 1 saturated heterocycles. The normalized spacial score (nSPS) is 17.5. The Morgan fingerprint density at radius 3 is 2.21 bits per heavy atom. The largest absolute Gasteiger partial charge is 0.496 e. The van der Waals surface area contributed by atoms with E-state index in [1.807, 2.05) is 0 Å². The highest BCUT2D eigenvalue weighted by molar-refractivity contribution is 5.99. The minimum Gasteiger partial charge on any atom is -0.496 e. The average molecular weight is 734 g/mol. The molecule has 15 nitrogen and oxygen atoms in total. The lowest BCUT2D eigenvalue weighted by molar-refractivity contribution is -0.385. The summed E-state index contributed by atoms with van der Waals surface area (Å²) in [6.45, 7) is 4.38. The first-order valence-corrected chi connectivity index (χ1v) is 17.2. The third-order valence-electron chi connectivity index (χ3n) is 9.49. The average Bonchev–Trinajstić information content (AvgIpc) is 4.04. The number of fused-ring (bicyclic) bond motifs is 1. The lowest BCUT2D eigenvalue weighted by Crippen LogP contribution is -2.59. The maximum absolute atomic E-state index is 16.6. The van der Waals surface area contributed by atoms with Gasteiger partial charge >= 0.3 is 23.3 Å². The molecule has 2 saturated carbocycles. The maximum atomic E-state index is 16.6. The first-order valence-electron chi connectivity index (χ1n) is 17.2. The van der Waals surface area contributed by atoms with Crippen molar-refractivity contribution in [2.24, 2.45) is 0 Å². The zero-order valence-corrected chi connectivity index (χ0v) is 29.7. The zero-order chi connectivity index (χ0) is 37.9. The fraction of sp³-hybridized carbons (Fsp3) is 0.444. The molecule has 1 aliphatic heterocycles. The molecule has 3 fully saturated rings. The molecule has 0 unspecified atom stereocenters. The van der Waals surface area contributed by atoms with Crippen LogP contribution in [0.4, 0.5) is 25.0 Å². The number of nitrogens with zero attached hydrogens (tertiary/aromatic N) is 7. The number of hydrogen-bond donors (Lipinski definition) is 0. The number of carbonyl (C=O) groups is 2. The van der Waals surface area contributed by atoms with Crippen LogP contribution in [0.5, 0.6) is 5.75 Å². The Bertz CT molecular complexity index is 2200. The van der Waals surface area contributed by atoms with Gasteiger partial charge in [-0.1, -0.05) is 6.07 Å².